The molecule has 2 aromatic rings. The number of halogens is 1. The number of hydrogen-bond acceptors (Lipinski definition) is 1. The highest BCUT2D eigenvalue weighted by molar-refractivity contribution is 5.96. The molecular weight excluding hydrogens is 291 g/mol. The summed E-state index contributed by atoms with van der Waals surface area (Å²) in [4.78, 5) is 14.9. The number of carbonyl (C=O) groups excluding carboxylic acids is 1. The molecule has 1 atom stereocenters. The first kappa shape index (κ1) is 15.8. The van der Waals surface area contributed by atoms with Gasteiger partial charge < -0.3 is 9.47 Å². The first-order chi connectivity index (χ1) is 11.0. The first-order valence-electron chi connectivity index (χ1n) is 8.25. The zero-order valence-corrected chi connectivity index (χ0v) is 14.0. The van der Waals surface area contributed by atoms with E-state index in [4.69, 9.17) is 0 Å². The van der Waals surface area contributed by atoms with Crippen LogP contribution in [0.1, 0.15) is 47.9 Å². The van der Waals surface area contributed by atoms with Crippen LogP contribution in [0, 0.1) is 19.7 Å². The van der Waals surface area contributed by atoms with E-state index in [1.54, 1.807) is 12.1 Å². The van der Waals surface area contributed by atoms with Crippen LogP contribution in [-0.2, 0) is 0 Å². The maximum atomic E-state index is 13.2. The predicted molar refractivity (Wildman–Crippen MR) is 89.6 cm³/mol. The molecule has 1 aliphatic heterocycles. The standard InChI is InChI=1S/C19H23FN2O/c1-13-6-4-5-11-21(13)19(23)18-12-14(2)22(15(18)3)17-9-7-16(20)8-10-17/h7-10,12-13H,4-6,11H2,1-3H3/t13-/m1/s1. The number of benzene rings is 1. The summed E-state index contributed by atoms with van der Waals surface area (Å²) >= 11 is 0. The van der Waals surface area contributed by atoms with Crippen LogP contribution in [0.2, 0.25) is 0 Å². The predicted octanol–water partition coefficient (Wildman–Crippen LogP) is 4.25. The van der Waals surface area contributed by atoms with Gasteiger partial charge in [-0.3, -0.25) is 4.79 Å². The van der Waals surface area contributed by atoms with E-state index in [2.05, 4.69) is 6.92 Å². The fourth-order valence-electron chi connectivity index (χ4n) is 3.52. The van der Waals surface area contributed by atoms with Gasteiger partial charge in [-0.1, -0.05) is 0 Å². The lowest BCUT2D eigenvalue weighted by Crippen LogP contribution is -2.42. The number of carbonyl (C=O) groups is 1. The topological polar surface area (TPSA) is 25.2 Å². The molecule has 0 radical (unpaired) electrons. The monoisotopic (exact) mass is 314 g/mol. The van der Waals surface area contributed by atoms with Crippen molar-refractivity contribution in [1.82, 2.24) is 9.47 Å². The minimum atomic E-state index is -0.255. The molecule has 0 bridgehead atoms. The highest BCUT2D eigenvalue weighted by Crippen LogP contribution is 2.25. The van der Waals surface area contributed by atoms with Crippen molar-refractivity contribution in [3.63, 3.8) is 0 Å². The molecular formula is C19H23FN2O. The molecule has 23 heavy (non-hydrogen) atoms. The molecule has 1 aromatic heterocycles. The van der Waals surface area contributed by atoms with E-state index in [-0.39, 0.29) is 11.7 Å². The SMILES string of the molecule is Cc1cc(C(=O)N2CCCC[C@H]2C)c(C)n1-c1ccc(F)cc1. The number of piperidine rings is 1. The molecule has 1 saturated heterocycles. The summed E-state index contributed by atoms with van der Waals surface area (Å²) in [5.41, 5.74) is 3.53. The van der Waals surface area contributed by atoms with Crippen LogP contribution in [0.15, 0.2) is 30.3 Å². The third kappa shape index (κ3) is 2.90. The van der Waals surface area contributed by atoms with Gasteiger partial charge in [0.25, 0.3) is 5.91 Å². The summed E-state index contributed by atoms with van der Waals surface area (Å²) < 4.78 is 15.2. The number of amides is 1. The molecule has 1 aliphatic rings. The summed E-state index contributed by atoms with van der Waals surface area (Å²) in [7, 11) is 0. The third-order valence-corrected chi connectivity index (χ3v) is 4.81. The first-order valence-corrected chi connectivity index (χ1v) is 8.25. The van der Waals surface area contributed by atoms with Crippen molar-refractivity contribution in [3.05, 3.63) is 53.1 Å². The molecule has 0 N–H and O–H groups in total. The van der Waals surface area contributed by atoms with Gasteiger partial charge in [0.1, 0.15) is 5.82 Å². The van der Waals surface area contributed by atoms with E-state index in [0.29, 0.717) is 6.04 Å². The minimum absolute atomic E-state index is 0.110. The molecule has 122 valence electrons. The second-order valence-corrected chi connectivity index (χ2v) is 6.44. The quantitative estimate of drug-likeness (QED) is 0.813. The van der Waals surface area contributed by atoms with Crippen molar-refractivity contribution in [1.29, 1.82) is 0 Å². The molecule has 0 unspecified atom stereocenters. The van der Waals surface area contributed by atoms with Crippen molar-refractivity contribution in [3.8, 4) is 5.69 Å². The fourth-order valence-corrected chi connectivity index (χ4v) is 3.52. The van der Waals surface area contributed by atoms with Gasteiger partial charge in [-0.2, -0.15) is 0 Å². The van der Waals surface area contributed by atoms with Crippen LogP contribution in [0.3, 0.4) is 0 Å². The van der Waals surface area contributed by atoms with Crippen molar-refractivity contribution in [2.45, 2.75) is 46.1 Å². The molecule has 0 saturated carbocycles. The Morgan fingerprint density at radius 2 is 1.87 bits per heavy atom. The molecule has 2 heterocycles. The molecule has 3 nitrogen and oxygen atoms in total. The number of likely N-dealkylation sites (tertiary alicyclic amines) is 1. The lowest BCUT2D eigenvalue weighted by atomic mass is 10.0. The zero-order valence-electron chi connectivity index (χ0n) is 14.0. The smallest absolute Gasteiger partial charge is 0.255 e. The Morgan fingerprint density at radius 1 is 1.17 bits per heavy atom. The second-order valence-electron chi connectivity index (χ2n) is 6.44. The number of hydrogen-bond donors (Lipinski definition) is 0. The van der Waals surface area contributed by atoms with E-state index in [0.717, 1.165) is 42.0 Å². The largest absolute Gasteiger partial charge is 0.336 e. The molecule has 1 fully saturated rings. The van der Waals surface area contributed by atoms with Gasteiger partial charge in [-0.25, -0.2) is 4.39 Å². The lowest BCUT2D eigenvalue weighted by molar-refractivity contribution is 0.0635. The Hall–Kier alpha value is -2.10. The van der Waals surface area contributed by atoms with Gasteiger partial charge in [0.05, 0.1) is 5.56 Å². The normalized spacial score (nSPS) is 18.3. The maximum absolute atomic E-state index is 13.2. The van der Waals surface area contributed by atoms with Gasteiger partial charge in [0.2, 0.25) is 0 Å². The molecule has 0 aliphatic carbocycles. The summed E-state index contributed by atoms with van der Waals surface area (Å²) in [6.07, 6.45) is 3.34. The Kier molecular flexibility index (Phi) is 4.24. The summed E-state index contributed by atoms with van der Waals surface area (Å²) in [5, 5.41) is 0. The van der Waals surface area contributed by atoms with Crippen LogP contribution >= 0.6 is 0 Å². The van der Waals surface area contributed by atoms with Crippen LogP contribution < -0.4 is 0 Å². The lowest BCUT2D eigenvalue weighted by Gasteiger charge is -2.33. The number of rotatable bonds is 2. The third-order valence-electron chi connectivity index (χ3n) is 4.81. The van der Waals surface area contributed by atoms with Crippen LogP contribution in [0.4, 0.5) is 4.39 Å². The Labute approximate surface area is 136 Å². The number of aromatic nitrogens is 1. The molecule has 1 amide bonds. The molecule has 4 heteroatoms. The Morgan fingerprint density at radius 3 is 2.52 bits per heavy atom. The highest BCUT2D eigenvalue weighted by Gasteiger charge is 2.27. The average Bonchev–Trinajstić information content (AvgIpc) is 2.83. The fraction of sp³-hybridized carbons (Fsp3) is 0.421. The van der Waals surface area contributed by atoms with Gasteiger partial charge in [-0.15, -0.1) is 0 Å². The number of aryl methyl sites for hydroxylation is 1. The Bertz CT molecular complexity index is 718. The average molecular weight is 314 g/mol. The highest BCUT2D eigenvalue weighted by atomic mass is 19.1. The van der Waals surface area contributed by atoms with E-state index in [1.807, 2.05) is 29.4 Å². The van der Waals surface area contributed by atoms with Gasteiger partial charge in [0.15, 0.2) is 0 Å². The Balaban J connectivity index is 1.97. The van der Waals surface area contributed by atoms with Crippen molar-refractivity contribution in [2.24, 2.45) is 0 Å². The summed E-state index contributed by atoms with van der Waals surface area (Å²) in [6, 6.07) is 8.62. The van der Waals surface area contributed by atoms with E-state index in [9.17, 15) is 9.18 Å². The van der Waals surface area contributed by atoms with Crippen LogP contribution in [-0.4, -0.2) is 28.0 Å². The zero-order chi connectivity index (χ0) is 16.6. The minimum Gasteiger partial charge on any atom is -0.336 e. The maximum Gasteiger partial charge on any atom is 0.255 e. The van der Waals surface area contributed by atoms with E-state index < -0.39 is 0 Å². The van der Waals surface area contributed by atoms with E-state index >= 15 is 0 Å². The number of nitrogens with zero attached hydrogens (tertiary/aromatic N) is 2. The van der Waals surface area contributed by atoms with Gasteiger partial charge in [0, 0.05) is 29.7 Å². The van der Waals surface area contributed by atoms with Crippen LogP contribution in [0.5, 0.6) is 0 Å². The second kappa shape index (κ2) is 6.19. The molecule has 1 aromatic carbocycles. The van der Waals surface area contributed by atoms with Crippen molar-refractivity contribution in [2.75, 3.05) is 6.54 Å². The van der Waals surface area contributed by atoms with Crippen LogP contribution in [0.25, 0.3) is 5.69 Å². The molecule has 0 spiro atoms. The van der Waals surface area contributed by atoms with E-state index in [1.165, 1.54) is 18.6 Å². The van der Waals surface area contributed by atoms with Crippen molar-refractivity contribution < 1.29 is 9.18 Å². The van der Waals surface area contributed by atoms with Gasteiger partial charge >= 0.3 is 0 Å². The molecule has 3 rings (SSSR count). The van der Waals surface area contributed by atoms with Crippen molar-refractivity contribution >= 4 is 5.91 Å². The van der Waals surface area contributed by atoms with Gasteiger partial charge in [-0.05, 0) is 70.4 Å². The summed E-state index contributed by atoms with van der Waals surface area (Å²) in [6.45, 7) is 6.89. The summed E-state index contributed by atoms with van der Waals surface area (Å²) in [5.74, 6) is -0.145.